The second kappa shape index (κ2) is 5.42. The zero-order valence-electron chi connectivity index (χ0n) is 15.4. The predicted molar refractivity (Wildman–Crippen MR) is 101 cm³/mol. The van der Waals surface area contributed by atoms with Gasteiger partial charge in [0.05, 0.1) is 29.0 Å². The number of aryl methyl sites for hydroxylation is 1. The molecule has 142 valence electrons. The summed E-state index contributed by atoms with van der Waals surface area (Å²) in [7, 11) is 0. The van der Waals surface area contributed by atoms with Crippen molar-refractivity contribution < 1.29 is 19.7 Å². The second-order valence-electron chi connectivity index (χ2n) is 7.40. The molecule has 0 amide bonds. The van der Waals surface area contributed by atoms with Gasteiger partial charge in [-0.25, -0.2) is 9.78 Å². The number of ether oxygens (including phenoxy) is 1. The van der Waals surface area contributed by atoms with Crippen molar-refractivity contribution in [3.05, 3.63) is 56.9 Å². The van der Waals surface area contributed by atoms with Crippen LogP contribution >= 0.6 is 0 Å². The third-order valence-electron chi connectivity index (χ3n) is 5.86. The number of cyclic esters (lactones) is 1. The first kappa shape index (κ1) is 16.9. The molecule has 5 rings (SSSR count). The van der Waals surface area contributed by atoms with E-state index in [-0.39, 0.29) is 24.3 Å². The Bertz CT molecular complexity index is 1260. The van der Waals surface area contributed by atoms with Gasteiger partial charge in [-0.1, -0.05) is 13.0 Å². The van der Waals surface area contributed by atoms with E-state index in [4.69, 9.17) is 4.74 Å². The number of carbonyl (C=O) groups is 1. The van der Waals surface area contributed by atoms with Crippen molar-refractivity contribution in [1.82, 2.24) is 9.55 Å². The summed E-state index contributed by atoms with van der Waals surface area (Å²) >= 11 is 0. The molecule has 0 aliphatic carbocycles. The Hall–Kier alpha value is -3.19. The van der Waals surface area contributed by atoms with E-state index < -0.39 is 11.6 Å². The average molecular weight is 378 g/mol. The molecule has 0 radical (unpaired) electrons. The molecule has 0 saturated heterocycles. The molecule has 28 heavy (non-hydrogen) atoms. The lowest BCUT2D eigenvalue weighted by molar-refractivity contribution is -0.172. The minimum Gasteiger partial charge on any atom is -0.507 e. The highest BCUT2D eigenvalue weighted by atomic mass is 16.6. The van der Waals surface area contributed by atoms with Crippen LogP contribution in [0, 0.1) is 6.92 Å². The molecule has 0 spiro atoms. The number of esters is 1. The van der Waals surface area contributed by atoms with E-state index in [1.165, 1.54) is 0 Å². The van der Waals surface area contributed by atoms with Crippen LogP contribution in [-0.2, 0) is 28.3 Å². The Labute approximate surface area is 159 Å². The van der Waals surface area contributed by atoms with Gasteiger partial charge in [0.25, 0.3) is 5.56 Å². The number of hydrogen-bond acceptors (Lipinski definition) is 6. The number of aromatic nitrogens is 2. The van der Waals surface area contributed by atoms with E-state index in [2.05, 4.69) is 4.98 Å². The molecule has 7 nitrogen and oxygen atoms in total. The zero-order valence-corrected chi connectivity index (χ0v) is 15.4. The summed E-state index contributed by atoms with van der Waals surface area (Å²) in [6.07, 6.45) is 0.104. The van der Waals surface area contributed by atoms with Crippen molar-refractivity contribution in [2.45, 2.75) is 39.0 Å². The maximum Gasteiger partial charge on any atom is 0.343 e. The molecule has 1 atom stereocenters. The maximum absolute atomic E-state index is 13.1. The van der Waals surface area contributed by atoms with Gasteiger partial charge in [-0.05, 0) is 37.1 Å². The van der Waals surface area contributed by atoms with E-state index >= 15 is 0 Å². The maximum atomic E-state index is 13.1. The monoisotopic (exact) mass is 378 g/mol. The van der Waals surface area contributed by atoms with Gasteiger partial charge in [-0.15, -0.1) is 0 Å². The highest BCUT2D eigenvalue weighted by molar-refractivity contribution is 5.90. The van der Waals surface area contributed by atoms with Gasteiger partial charge >= 0.3 is 5.97 Å². The van der Waals surface area contributed by atoms with Gasteiger partial charge in [0.1, 0.15) is 12.4 Å². The number of pyridine rings is 2. The molecule has 0 fully saturated rings. The molecule has 3 aromatic rings. The van der Waals surface area contributed by atoms with E-state index in [0.717, 1.165) is 11.1 Å². The van der Waals surface area contributed by atoms with E-state index in [0.29, 0.717) is 40.0 Å². The van der Waals surface area contributed by atoms with Crippen LogP contribution < -0.4 is 5.56 Å². The van der Waals surface area contributed by atoms with Gasteiger partial charge < -0.3 is 19.5 Å². The van der Waals surface area contributed by atoms with Crippen molar-refractivity contribution in [2.75, 3.05) is 0 Å². The number of benzene rings is 1. The lowest BCUT2D eigenvalue weighted by Gasteiger charge is -2.31. The smallest absolute Gasteiger partial charge is 0.343 e. The number of nitrogens with zero attached hydrogens (tertiary/aromatic N) is 2. The fraction of sp³-hybridized carbons (Fsp3) is 0.286. The first-order chi connectivity index (χ1) is 13.3. The van der Waals surface area contributed by atoms with Crippen LogP contribution in [0.1, 0.15) is 35.6 Å². The number of carbonyl (C=O) groups excluding carboxylic acids is 1. The lowest BCUT2D eigenvalue weighted by atomic mass is 9.86. The number of hydrogen-bond donors (Lipinski definition) is 2. The first-order valence-corrected chi connectivity index (χ1v) is 9.14. The highest BCUT2D eigenvalue weighted by Gasteiger charge is 2.45. The van der Waals surface area contributed by atoms with Crippen LogP contribution in [0.3, 0.4) is 0 Å². The number of phenolic OH excluding ortho intramolecular Hbond substituents is 1. The van der Waals surface area contributed by atoms with Gasteiger partial charge in [0.15, 0.2) is 5.60 Å². The summed E-state index contributed by atoms with van der Waals surface area (Å²) in [4.78, 5) is 29.9. The molecule has 2 aliphatic heterocycles. The standard InChI is InChI=1S/C21H18N2O5/c1-3-21(27)14-7-16-17-11(6-12-15(22-17)5-4-10(2)18(12)24)8-23(16)19(25)13(14)9-28-20(21)26/h4-7,24,27H,3,8-9H2,1-2H3. The highest BCUT2D eigenvalue weighted by Crippen LogP contribution is 2.39. The van der Waals surface area contributed by atoms with Crippen molar-refractivity contribution in [3.63, 3.8) is 0 Å². The molecule has 0 saturated carbocycles. The van der Waals surface area contributed by atoms with Crippen LogP contribution in [0.25, 0.3) is 22.3 Å². The minimum absolute atomic E-state index is 0.104. The van der Waals surface area contributed by atoms with E-state index in [1.807, 2.05) is 19.1 Å². The van der Waals surface area contributed by atoms with Crippen molar-refractivity contribution in [2.24, 2.45) is 0 Å². The number of phenols is 1. The van der Waals surface area contributed by atoms with Gasteiger partial charge in [-0.3, -0.25) is 4.79 Å². The molecule has 2 N–H and O–H groups in total. The quantitative estimate of drug-likeness (QED) is 0.492. The average Bonchev–Trinajstić information content (AvgIpc) is 3.05. The molecule has 1 aromatic carbocycles. The van der Waals surface area contributed by atoms with Gasteiger partial charge in [0, 0.05) is 16.5 Å². The zero-order chi connectivity index (χ0) is 19.8. The largest absolute Gasteiger partial charge is 0.507 e. The molecule has 2 aliphatic rings. The van der Waals surface area contributed by atoms with Crippen molar-refractivity contribution in [1.29, 1.82) is 0 Å². The molecule has 2 aromatic heterocycles. The fourth-order valence-electron chi connectivity index (χ4n) is 4.15. The molecule has 4 heterocycles. The molecule has 0 bridgehead atoms. The van der Waals surface area contributed by atoms with Gasteiger partial charge in [0.2, 0.25) is 0 Å². The lowest BCUT2D eigenvalue weighted by Crippen LogP contribution is -2.44. The summed E-state index contributed by atoms with van der Waals surface area (Å²) in [5.74, 6) is -0.563. The summed E-state index contributed by atoms with van der Waals surface area (Å²) in [5, 5.41) is 21.9. The van der Waals surface area contributed by atoms with Crippen molar-refractivity contribution in [3.8, 4) is 17.1 Å². The van der Waals surface area contributed by atoms with Crippen LogP contribution in [0.4, 0.5) is 0 Å². The number of aromatic hydroxyl groups is 1. The third-order valence-corrected chi connectivity index (χ3v) is 5.86. The topological polar surface area (TPSA) is 102 Å². The Morgan fingerprint density at radius 1 is 1.29 bits per heavy atom. The molecular formula is C21H18N2O5. The Morgan fingerprint density at radius 2 is 2.07 bits per heavy atom. The first-order valence-electron chi connectivity index (χ1n) is 9.14. The van der Waals surface area contributed by atoms with E-state index in [9.17, 15) is 19.8 Å². The molecular weight excluding hydrogens is 360 g/mol. The van der Waals surface area contributed by atoms with E-state index in [1.54, 1.807) is 23.6 Å². The van der Waals surface area contributed by atoms with Crippen LogP contribution in [-0.4, -0.2) is 25.7 Å². The van der Waals surface area contributed by atoms with Gasteiger partial charge in [-0.2, -0.15) is 0 Å². The number of fused-ring (bicyclic) bond motifs is 5. The SMILES string of the molecule is CCC1(O)C(=O)OCc2c1cc1n(c2=O)Cc2cc3c(O)c(C)ccc3nc2-1. The Morgan fingerprint density at radius 3 is 2.82 bits per heavy atom. The number of rotatable bonds is 1. The molecule has 1 unspecified atom stereocenters. The Balaban J connectivity index is 1.80. The number of aliphatic hydroxyl groups is 1. The minimum atomic E-state index is -1.84. The summed E-state index contributed by atoms with van der Waals surface area (Å²) in [5.41, 5.74) is 1.81. The fourth-order valence-corrected chi connectivity index (χ4v) is 4.15. The normalized spacial score (nSPS) is 19.9. The molecule has 7 heteroatoms. The summed E-state index contributed by atoms with van der Waals surface area (Å²) in [6, 6.07) is 7.14. The van der Waals surface area contributed by atoms with Crippen LogP contribution in [0.2, 0.25) is 0 Å². The second-order valence-corrected chi connectivity index (χ2v) is 7.40. The van der Waals surface area contributed by atoms with Crippen LogP contribution in [0.5, 0.6) is 5.75 Å². The Kier molecular flexibility index (Phi) is 3.28. The van der Waals surface area contributed by atoms with Crippen LogP contribution in [0.15, 0.2) is 29.1 Å². The van der Waals surface area contributed by atoms with Crippen molar-refractivity contribution >= 4 is 16.9 Å². The summed E-state index contributed by atoms with van der Waals surface area (Å²) < 4.78 is 6.65. The predicted octanol–water partition coefficient (Wildman–Crippen LogP) is 2.09. The summed E-state index contributed by atoms with van der Waals surface area (Å²) in [6.45, 7) is 3.65. The third kappa shape index (κ3) is 1.99.